The number of ether oxygens (including phenoxy) is 1. The van der Waals surface area contributed by atoms with Gasteiger partial charge in [-0.15, -0.1) is 0 Å². The molecule has 15 heteroatoms. The number of aliphatic hydroxyl groups excluding tert-OH is 1. The number of fused-ring (bicyclic) bond motifs is 2. The van der Waals surface area contributed by atoms with Crippen molar-refractivity contribution < 1.29 is 53.3 Å². The van der Waals surface area contributed by atoms with Gasteiger partial charge in [-0.1, -0.05) is 35.2 Å². The zero-order valence-corrected chi connectivity index (χ0v) is 21.3. The summed E-state index contributed by atoms with van der Waals surface area (Å²) in [5, 5.41) is 12.0. The third kappa shape index (κ3) is 4.54. The van der Waals surface area contributed by atoms with Crippen LogP contribution >= 0.6 is 30.1 Å². The van der Waals surface area contributed by atoms with Gasteiger partial charge in [0, 0.05) is 9.92 Å². The minimum Gasteiger partial charge on any atom is -0.780 e. The molecule has 4 heterocycles. The van der Waals surface area contributed by atoms with Crippen molar-refractivity contribution in [1.82, 2.24) is 19.5 Å². The Hall–Kier alpha value is -0.340. The maximum Gasteiger partial charge on any atom is 1.00 e. The zero-order valence-electron chi connectivity index (χ0n) is 16.0. The summed E-state index contributed by atoms with van der Waals surface area (Å²) in [5.41, 5.74) is 6.73. The Morgan fingerprint density at radius 3 is 2.81 bits per heavy atom. The molecular weight excluding hydrogens is 496 g/mol. The van der Waals surface area contributed by atoms with E-state index in [2.05, 4.69) is 15.0 Å². The van der Waals surface area contributed by atoms with Crippen LogP contribution in [-0.2, 0) is 25.6 Å². The van der Waals surface area contributed by atoms with Crippen molar-refractivity contribution in [3.8, 4) is 0 Å². The summed E-state index contributed by atoms with van der Waals surface area (Å²) >= 11 is 12.1. The molecule has 31 heavy (non-hydrogen) atoms. The molecule has 0 bridgehead atoms. The van der Waals surface area contributed by atoms with E-state index < -0.39 is 31.3 Å². The van der Waals surface area contributed by atoms with Gasteiger partial charge in [-0.25, -0.2) is 15.0 Å². The number of halogens is 1. The first kappa shape index (κ1) is 23.8. The minimum absolute atomic E-state index is 0. The third-order valence-corrected chi connectivity index (χ3v) is 7.48. The van der Waals surface area contributed by atoms with Gasteiger partial charge in [0.25, 0.3) is 0 Å². The second-order valence-corrected chi connectivity index (χ2v) is 10.8. The van der Waals surface area contributed by atoms with Crippen LogP contribution < -0.4 is 40.2 Å². The summed E-state index contributed by atoms with van der Waals surface area (Å²) in [6, 6.07) is 7.18. The molecular formula is C16H14ClN5NaO5PS2. The number of nitrogens with two attached hydrogens (primary N) is 1. The molecule has 0 radical (unpaired) electrons. The van der Waals surface area contributed by atoms with Crippen LogP contribution in [0.1, 0.15) is 6.23 Å². The third-order valence-electron chi connectivity index (χ3n) is 4.71. The fraction of sp³-hybridized carbons (Fsp3) is 0.312. The molecule has 5 rings (SSSR count). The largest absolute Gasteiger partial charge is 1.00 e. The van der Waals surface area contributed by atoms with E-state index >= 15 is 0 Å². The Kier molecular flexibility index (Phi) is 7.01. The van der Waals surface area contributed by atoms with Crippen molar-refractivity contribution in [2.75, 3.05) is 12.3 Å². The predicted octanol–water partition coefficient (Wildman–Crippen LogP) is -1.52. The second kappa shape index (κ2) is 9.13. The molecule has 2 aliphatic rings. The smallest absolute Gasteiger partial charge is 0.780 e. The molecule has 3 N–H and O–H groups in total. The van der Waals surface area contributed by atoms with Crippen molar-refractivity contribution in [3.05, 3.63) is 35.6 Å². The summed E-state index contributed by atoms with van der Waals surface area (Å²) in [7, 11) is 0. The normalized spacial score (nSPS) is 30.2. The van der Waals surface area contributed by atoms with Crippen LogP contribution in [0.25, 0.3) is 11.2 Å². The Morgan fingerprint density at radius 2 is 2.06 bits per heavy atom. The van der Waals surface area contributed by atoms with Crippen molar-refractivity contribution in [2.45, 2.75) is 34.6 Å². The van der Waals surface area contributed by atoms with E-state index in [9.17, 15) is 10.00 Å². The summed E-state index contributed by atoms with van der Waals surface area (Å²) in [6.07, 6.45) is -2.38. The van der Waals surface area contributed by atoms with E-state index in [0.717, 1.165) is 4.90 Å². The zero-order chi connectivity index (χ0) is 21.0. The van der Waals surface area contributed by atoms with E-state index in [1.54, 1.807) is 16.7 Å². The maximum absolute atomic E-state index is 12.0. The van der Waals surface area contributed by atoms with Gasteiger partial charge in [-0.2, -0.15) is 0 Å². The van der Waals surface area contributed by atoms with Crippen LogP contribution in [0.3, 0.4) is 0 Å². The van der Waals surface area contributed by atoms with Crippen LogP contribution in [0.15, 0.2) is 40.6 Å². The molecule has 2 fully saturated rings. The van der Waals surface area contributed by atoms with Gasteiger partial charge in [0.1, 0.15) is 31.4 Å². The predicted molar refractivity (Wildman–Crippen MR) is 110 cm³/mol. The molecule has 3 aromatic rings. The molecule has 1 aromatic carbocycles. The van der Waals surface area contributed by atoms with Crippen LogP contribution in [0.2, 0.25) is 5.02 Å². The molecule has 2 aliphatic heterocycles. The van der Waals surface area contributed by atoms with Crippen LogP contribution in [-0.4, -0.2) is 49.5 Å². The summed E-state index contributed by atoms with van der Waals surface area (Å²) in [5.74, 6) is 0.191. The average Bonchev–Trinajstić information content (AvgIpc) is 3.21. The molecule has 0 saturated carbocycles. The van der Waals surface area contributed by atoms with Gasteiger partial charge in [-0.05, 0) is 24.3 Å². The molecule has 1 unspecified atom stereocenters. The quantitative estimate of drug-likeness (QED) is 0.314. The van der Waals surface area contributed by atoms with Crippen molar-refractivity contribution in [3.63, 3.8) is 0 Å². The van der Waals surface area contributed by atoms with Crippen LogP contribution in [0, 0.1) is 0 Å². The van der Waals surface area contributed by atoms with Crippen molar-refractivity contribution in [2.24, 2.45) is 0 Å². The van der Waals surface area contributed by atoms with Crippen LogP contribution in [0.5, 0.6) is 0 Å². The van der Waals surface area contributed by atoms with Gasteiger partial charge < -0.3 is 29.5 Å². The average molecular weight is 510 g/mol. The Bertz CT molecular complexity index is 1170. The Morgan fingerprint density at radius 1 is 1.32 bits per heavy atom. The van der Waals surface area contributed by atoms with E-state index in [1.165, 1.54) is 18.1 Å². The Balaban J connectivity index is 0.00000231. The minimum atomic E-state index is -3.67. The molecule has 5 atom stereocenters. The van der Waals surface area contributed by atoms with Gasteiger partial charge in [-0.3, -0.25) is 4.57 Å². The first-order chi connectivity index (χ1) is 14.3. The first-order valence-electron chi connectivity index (χ1n) is 8.72. The molecule has 0 spiro atoms. The summed E-state index contributed by atoms with van der Waals surface area (Å²) in [4.78, 5) is 25.7. The number of nitrogen functional groups attached to an aromatic ring is 1. The van der Waals surface area contributed by atoms with Gasteiger partial charge in [0.15, 0.2) is 28.4 Å². The van der Waals surface area contributed by atoms with Gasteiger partial charge in [0.2, 0.25) is 0 Å². The first-order valence-corrected chi connectivity index (χ1v) is 12.5. The van der Waals surface area contributed by atoms with E-state index in [1.807, 2.05) is 12.1 Å². The Labute approximate surface area is 213 Å². The number of anilines is 1. The summed E-state index contributed by atoms with van der Waals surface area (Å²) in [6.45, 7) is -3.72. The molecule has 2 saturated heterocycles. The number of hydrogen-bond donors (Lipinski definition) is 2. The fourth-order valence-electron chi connectivity index (χ4n) is 3.36. The summed E-state index contributed by atoms with van der Waals surface area (Å²) < 4.78 is 18.0. The number of nitrogens with zero attached hydrogens (tertiary/aromatic N) is 4. The topological polar surface area (TPSA) is 141 Å². The number of benzene rings is 1. The van der Waals surface area contributed by atoms with Crippen molar-refractivity contribution in [1.29, 1.82) is 0 Å². The SMILES string of the molecule is Nc1ncnc2c1nc(Sc1ccc(Cl)cc1)n2[C@H]1O[C@@H]2COP([O-])(=S)O[C@@H]2[C@@H]1O.[Na+]. The van der Waals surface area contributed by atoms with E-state index in [4.69, 9.17) is 42.9 Å². The van der Waals surface area contributed by atoms with Gasteiger partial charge in [0.05, 0.1) is 6.61 Å². The van der Waals surface area contributed by atoms with Crippen LogP contribution in [0.4, 0.5) is 5.82 Å². The number of aromatic nitrogens is 4. The fourth-order valence-corrected chi connectivity index (χ4v) is 5.82. The molecule has 0 amide bonds. The standard InChI is InChI=1S/C16H15ClN5O5PS2.Na/c17-7-1-3-8(4-2-7)30-16-21-10-13(18)19-6-20-14(10)22(16)15-11(23)12-9(26-15)5-25-28(24,29)27-12;/h1-4,6,9,11-12,15,23H,5H2,(H,24,29)(H2,18,19,20);/q;+1/p-1/t9-,11+,12+,15+,28?;/m1./s1. The van der Waals surface area contributed by atoms with Gasteiger partial charge >= 0.3 is 29.6 Å². The second-order valence-electron chi connectivity index (χ2n) is 6.62. The molecule has 2 aromatic heterocycles. The number of imidazole rings is 1. The van der Waals surface area contributed by atoms with E-state index in [-0.39, 0.29) is 42.0 Å². The maximum atomic E-state index is 12.0. The van der Waals surface area contributed by atoms with Crippen molar-refractivity contribution >= 4 is 58.9 Å². The number of aliphatic hydroxyl groups is 1. The molecule has 10 nitrogen and oxygen atoms in total. The number of rotatable bonds is 3. The van der Waals surface area contributed by atoms with E-state index in [0.29, 0.717) is 21.3 Å². The molecule has 0 aliphatic carbocycles. The monoisotopic (exact) mass is 509 g/mol. The number of hydrogen-bond acceptors (Lipinski definition) is 11. The molecule has 158 valence electrons.